The second-order valence-corrected chi connectivity index (χ2v) is 4.37. The van der Waals surface area contributed by atoms with E-state index in [2.05, 4.69) is 10.6 Å². The molecule has 1 fully saturated rings. The summed E-state index contributed by atoms with van der Waals surface area (Å²) in [6.07, 6.45) is 2.32. The predicted octanol–water partition coefficient (Wildman–Crippen LogP) is 2.04. The molecular weight excluding hydrogens is 245 g/mol. The standard InChI is InChI=1S/C12H13F3N2O/c13-8-3-10(15)11(4-9(8)14)17-12(18)6-16-5-7-1-2-7/h3-4,7,16H,1-2,5-6H2,(H,17,18). The molecule has 1 aromatic rings. The van der Waals surface area contributed by atoms with Crippen LogP contribution in [0.1, 0.15) is 12.8 Å². The predicted molar refractivity (Wildman–Crippen MR) is 60.5 cm³/mol. The zero-order valence-corrected chi connectivity index (χ0v) is 9.60. The van der Waals surface area contributed by atoms with Crippen LogP contribution in [-0.4, -0.2) is 19.0 Å². The molecule has 1 aliphatic carbocycles. The Bertz CT molecular complexity index is 461. The summed E-state index contributed by atoms with van der Waals surface area (Å²) in [5, 5.41) is 5.10. The molecule has 0 saturated heterocycles. The zero-order chi connectivity index (χ0) is 13.1. The summed E-state index contributed by atoms with van der Waals surface area (Å²) in [4.78, 5) is 11.4. The molecule has 1 saturated carbocycles. The lowest BCUT2D eigenvalue weighted by Gasteiger charge is -2.07. The van der Waals surface area contributed by atoms with E-state index in [1.807, 2.05) is 0 Å². The SMILES string of the molecule is O=C(CNCC1CC1)Nc1cc(F)c(F)cc1F. The Morgan fingerprint density at radius 3 is 2.50 bits per heavy atom. The number of anilines is 1. The second kappa shape index (κ2) is 5.39. The molecule has 1 aliphatic rings. The number of rotatable bonds is 5. The number of hydrogen-bond donors (Lipinski definition) is 2. The molecule has 6 heteroatoms. The van der Waals surface area contributed by atoms with Crippen LogP contribution < -0.4 is 10.6 Å². The first-order chi connectivity index (χ1) is 8.56. The van der Waals surface area contributed by atoms with Gasteiger partial charge in [-0.25, -0.2) is 13.2 Å². The van der Waals surface area contributed by atoms with E-state index in [1.165, 1.54) is 0 Å². The summed E-state index contributed by atoms with van der Waals surface area (Å²) in [7, 11) is 0. The maximum atomic E-state index is 13.2. The van der Waals surface area contributed by atoms with Crippen molar-refractivity contribution in [3.63, 3.8) is 0 Å². The van der Waals surface area contributed by atoms with Gasteiger partial charge in [0.25, 0.3) is 0 Å². The van der Waals surface area contributed by atoms with E-state index < -0.39 is 23.4 Å². The third-order valence-corrected chi connectivity index (χ3v) is 2.70. The van der Waals surface area contributed by atoms with Gasteiger partial charge in [-0.2, -0.15) is 0 Å². The monoisotopic (exact) mass is 258 g/mol. The molecule has 0 heterocycles. The largest absolute Gasteiger partial charge is 0.322 e. The molecule has 2 N–H and O–H groups in total. The zero-order valence-electron chi connectivity index (χ0n) is 9.60. The molecule has 0 radical (unpaired) electrons. The minimum absolute atomic E-state index is 0.0228. The molecule has 0 spiro atoms. The quantitative estimate of drug-likeness (QED) is 0.793. The maximum absolute atomic E-state index is 13.2. The topological polar surface area (TPSA) is 41.1 Å². The minimum atomic E-state index is -1.28. The van der Waals surface area contributed by atoms with Crippen molar-refractivity contribution >= 4 is 11.6 Å². The Morgan fingerprint density at radius 2 is 1.83 bits per heavy atom. The van der Waals surface area contributed by atoms with E-state index in [9.17, 15) is 18.0 Å². The minimum Gasteiger partial charge on any atom is -0.322 e. The summed E-state index contributed by atoms with van der Waals surface area (Å²) in [6, 6.07) is 1.03. The number of amides is 1. The van der Waals surface area contributed by atoms with Crippen molar-refractivity contribution in [1.82, 2.24) is 5.32 Å². The number of nitrogens with one attached hydrogen (secondary N) is 2. The molecule has 3 nitrogen and oxygen atoms in total. The number of halogens is 3. The van der Waals surface area contributed by atoms with Crippen molar-refractivity contribution in [2.75, 3.05) is 18.4 Å². The maximum Gasteiger partial charge on any atom is 0.238 e. The fraction of sp³-hybridized carbons (Fsp3) is 0.417. The van der Waals surface area contributed by atoms with Crippen molar-refractivity contribution in [2.24, 2.45) is 5.92 Å². The van der Waals surface area contributed by atoms with Crippen LogP contribution in [0, 0.1) is 23.4 Å². The smallest absolute Gasteiger partial charge is 0.238 e. The van der Waals surface area contributed by atoms with E-state index in [-0.39, 0.29) is 12.2 Å². The summed E-state index contributed by atoms with van der Waals surface area (Å²) in [5.74, 6) is -3.34. The summed E-state index contributed by atoms with van der Waals surface area (Å²) in [6.45, 7) is 0.766. The molecule has 98 valence electrons. The molecule has 0 atom stereocenters. The van der Waals surface area contributed by atoms with Crippen LogP contribution in [0.4, 0.5) is 18.9 Å². The Kier molecular flexibility index (Phi) is 3.86. The molecule has 0 bridgehead atoms. The van der Waals surface area contributed by atoms with Crippen LogP contribution in [-0.2, 0) is 4.79 Å². The lowest BCUT2D eigenvalue weighted by atomic mass is 10.3. The van der Waals surface area contributed by atoms with Crippen molar-refractivity contribution in [1.29, 1.82) is 0 Å². The van der Waals surface area contributed by atoms with Gasteiger partial charge in [0.2, 0.25) is 5.91 Å². The van der Waals surface area contributed by atoms with Gasteiger partial charge in [-0.15, -0.1) is 0 Å². The molecular formula is C12H13F3N2O. The van der Waals surface area contributed by atoms with E-state index in [0.29, 0.717) is 18.1 Å². The van der Waals surface area contributed by atoms with E-state index >= 15 is 0 Å². The van der Waals surface area contributed by atoms with Gasteiger partial charge in [-0.3, -0.25) is 4.79 Å². The first-order valence-electron chi connectivity index (χ1n) is 5.71. The Labute approximate surface area is 102 Å². The van der Waals surface area contributed by atoms with Crippen molar-refractivity contribution in [3.05, 3.63) is 29.6 Å². The van der Waals surface area contributed by atoms with Crippen LogP contribution in [0.3, 0.4) is 0 Å². The average Bonchev–Trinajstić information content (AvgIpc) is 3.10. The normalized spacial score (nSPS) is 14.6. The molecule has 0 aromatic heterocycles. The van der Waals surface area contributed by atoms with Gasteiger partial charge >= 0.3 is 0 Å². The van der Waals surface area contributed by atoms with E-state index in [0.717, 1.165) is 19.4 Å². The number of benzene rings is 1. The van der Waals surface area contributed by atoms with Crippen molar-refractivity contribution in [3.8, 4) is 0 Å². The second-order valence-electron chi connectivity index (χ2n) is 4.37. The van der Waals surface area contributed by atoms with Crippen molar-refractivity contribution in [2.45, 2.75) is 12.8 Å². The Hall–Kier alpha value is -1.56. The Balaban J connectivity index is 1.87. The van der Waals surface area contributed by atoms with Crippen LogP contribution in [0.25, 0.3) is 0 Å². The first kappa shape index (κ1) is 12.9. The highest BCUT2D eigenvalue weighted by atomic mass is 19.2. The van der Waals surface area contributed by atoms with Gasteiger partial charge < -0.3 is 10.6 Å². The molecule has 1 aromatic carbocycles. The molecule has 2 rings (SSSR count). The van der Waals surface area contributed by atoms with E-state index in [4.69, 9.17) is 0 Å². The average molecular weight is 258 g/mol. The van der Waals surface area contributed by atoms with Gasteiger partial charge in [0.1, 0.15) is 5.82 Å². The third kappa shape index (κ3) is 3.46. The molecule has 18 heavy (non-hydrogen) atoms. The van der Waals surface area contributed by atoms with Gasteiger partial charge in [0.15, 0.2) is 11.6 Å². The first-order valence-corrected chi connectivity index (χ1v) is 5.71. The van der Waals surface area contributed by atoms with Gasteiger partial charge in [0.05, 0.1) is 12.2 Å². The molecule has 1 amide bonds. The van der Waals surface area contributed by atoms with Crippen molar-refractivity contribution < 1.29 is 18.0 Å². The molecule has 0 unspecified atom stereocenters. The van der Waals surface area contributed by atoms with E-state index in [1.54, 1.807) is 0 Å². The number of carbonyl (C=O) groups excluding carboxylic acids is 1. The summed E-state index contributed by atoms with van der Waals surface area (Å²) >= 11 is 0. The fourth-order valence-electron chi connectivity index (χ4n) is 1.52. The highest BCUT2D eigenvalue weighted by Gasteiger charge is 2.20. The van der Waals surface area contributed by atoms with Crippen LogP contribution >= 0.6 is 0 Å². The number of hydrogen-bond acceptors (Lipinski definition) is 2. The summed E-state index contributed by atoms with van der Waals surface area (Å²) in [5.41, 5.74) is -0.355. The summed E-state index contributed by atoms with van der Waals surface area (Å²) < 4.78 is 38.7. The van der Waals surface area contributed by atoms with Crippen LogP contribution in [0.15, 0.2) is 12.1 Å². The van der Waals surface area contributed by atoms with Crippen LogP contribution in [0.5, 0.6) is 0 Å². The molecule has 0 aliphatic heterocycles. The van der Waals surface area contributed by atoms with Gasteiger partial charge in [-0.1, -0.05) is 0 Å². The number of carbonyl (C=O) groups is 1. The third-order valence-electron chi connectivity index (χ3n) is 2.70. The lowest BCUT2D eigenvalue weighted by Crippen LogP contribution is -2.29. The highest BCUT2D eigenvalue weighted by Crippen LogP contribution is 2.27. The fourth-order valence-corrected chi connectivity index (χ4v) is 1.52. The van der Waals surface area contributed by atoms with Crippen LogP contribution in [0.2, 0.25) is 0 Å². The Morgan fingerprint density at radius 1 is 1.17 bits per heavy atom. The van der Waals surface area contributed by atoms with Gasteiger partial charge in [0, 0.05) is 12.1 Å². The van der Waals surface area contributed by atoms with Gasteiger partial charge in [-0.05, 0) is 25.3 Å². The lowest BCUT2D eigenvalue weighted by molar-refractivity contribution is -0.115. The highest BCUT2D eigenvalue weighted by molar-refractivity contribution is 5.92.